The molecule has 1 heteroatoms. The molecule has 0 bridgehead atoms. The standard InChI is InChI=1S/C14H23N/c1-11-7-5-6-8-12(11)9-13(15)10-14(2,3)4/h5-8,13H,9-10,15H2,1-4H3. The third-order valence-electron chi connectivity index (χ3n) is 2.62. The van der Waals surface area contributed by atoms with E-state index in [1.807, 2.05) is 0 Å². The van der Waals surface area contributed by atoms with Crippen LogP contribution in [-0.2, 0) is 6.42 Å². The van der Waals surface area contributed by atoms with Gasteiger partial charge in [-0.1, -0.05) is 45.0 Å². The zero-order chi connectivity index (χ0) is 11.5. The number of aryl methyl sites for hydroxylation is 1. The van der Waals surface area contributed by atoms with E-state index < -0.39 is 0 Å². The van der Waals surface area contributed by atoms with Gasteiger partial charge in [0.15, 0.2) is 0 Å². The van der Waals surface area contributed by atoms with Crippen molar-refractivity contribution >= 4 is 0 Å². The van der Waals surface area contributed by atoms with Crippen molar-refractivity contribution in [1.29, 1.82) is 0 Å². The van der Waals surface area contributed by atoms with Gasteiger partial charge in [0.05, 0.1) is 0 Å². The van der Waals surface area contributed by atoms with Crippen LogP contribution in [0.4, 0.5) is 0 Å². The molecule has 0 radical (unpaired) electrons. The Bertz CT molecular complexity index is 309. The predicted octanol–water partition coefficient (Wildman–Crippen LogP) is 3.30. The second-order valence-corrected chi connectivity index (χ2v) is 5.66. The molecule has 0 aliphatic carbocycles. The third kappa shape index (κ3) is 4.48. The maximum atomic E-state index is 6.16. The minimum atomic E-state index is 0.270. The lowest BCUT2D eigenvalue weighted by Crippen LogP contribution is -2.28. The molecule has 0 fully saturated rings. The fourth-order valence-electron chi connectivity index (χ4n) is 1.98. The van der Waals surface area contributed by atoms with Crippen LogP contribution in [0.2, 0.25) is 0 Å². The maximum absolute atomic E-state index is 6.16. The fourth-order valence-corrected chi connectivity index (χ4v) is 1.98. The number of hydrogen-bond donors (Lipinski definition) is 1. The minimum Gasteiger partial charge on any atom is -0.327 e. The Morgan fingerprint density at radius 1 is 1.20 bits per heavy atom. The number of nitrogens with two attached hydrogens (primary N) is 1. The Morgan fingerprint density at radius 2 is 1.80 bits per heavy atom. The summed E-state index contributed by atoms with van der Waals surface area (Å²) in [5.74, 6) is 0. The van der Waals surface area contributed by atoms with Crippen LogP contribution in [0.25, 0.3) is 0 Å². The molecule has 0 aliphatic rings. The van der Waals surface area contributed by atoms with Crippen LogP contribution >= 0.6 is 0 Å². The number of rotatable bonds is 3. The summed E-state index contributed by atoms with van der Waals surface area (Å²) in [6.45, 7) is 8.87. The number of hydrogen-bond acceptors (Lipinski definition) is 1. The van der Waals surface area contributed by atoms with E-state index in [0.29, 0.717) is 5.41 Å². The fraction of sp³-hybridized carbons (Fsp3) is 0.571. The normalized spacial score (nSPS) is 13.9. The molecule has 0 saturated carbocycles. The summed E-state index contributed by atoms with van der Waals surface area (Å²) >= 11 is 0. The third-order valence-corrected chi connectivity index (χ3v) is 2.62. The molecule has 0 amide bonds. The molecule has 84 valence electrons. The summed E-state index contributed by atoms with van der Waals surface area (Å²) in [5, 5.41) is 0. The summed E-state index contributed by atoms with van der Waals surface area (Å²) in [5.41, 5.74) is 9.21. The van der Waals surface area contributed by atoms with Gasteiger partial charge in [0.2, 0.25) is 0 Å². The van der Waals surface area contributed by atoms with Gasteiger partial charge < -0.3 is 5.73 Å². The summed E-state index contributed by atoms with van der Waals surface area (Å²) in [6, 6.07) is 8.77. The van der Waals surface area contributed by atoms with Crippen LogP contribution < -0.4 is 5.73 Å². The topological polar surface area (TPSA) is 26.0 Å². The highest BCUT2D eigenvalue weighted by atomic mass is 14.6. The summed E-state index contributed by atoms with van der Waals surface area (Å²) in [7, 11) is 0. The van der Waals surface area contributed by atoms with Crippen LogP contribution in [0.1, 0.15) is 38.3 Å². The van der Waals surface area contributed by atoms with E-state index in [1.165, 1.54) is 11.1 Å². The highest BCUT2D eigenvalue weighted by Gasteiger charge is 2.16. The molecule has 1 unspecified atom stereocenters. The van der Waals surface area contributed by atoms with E-state index >= 15 is 0 Å². The van der Waals surface area contributed by atoms with Gasteiger partial charge in [0.1, 0.15) is 0 Å². The molecule has 0 saturated heterocycles. The van der Waals surface area contributed by atoms with Crippen molar-refractivity contribution in [2.24, 2.45) is 11.1 Å². The van der Waals surface area contributed by atoms with Crippen molar-refractivity contribution in [3.05, 3.63) is 35.4 Å². The van der Waals surface area contributed by atoms with Crippen LogP contribution in [0.3, 0.4) is 0 Å². The number of benzene rings is 1. The molecular formula is C14H23N. The lowest BCUT2D eigenvalue weighted by atomic mass is 9.86. The lowest BCUT2D eigenvalue weighted by molar-refractivity contribution is 0.338. The van der Waals surface area contributed by atoms with Crippen molar-refractivity contribution in [2.45, 2.75) is 46.6 Å². The molecule has 0 aromatic heterocycles. The first kappa shape index (κ1) is 12.3. The second kappa shape index (κ2) is 4.80. The molecule has 1 atom stereocenters. The van der Waals surface area contributed by atoms with E-state index in [9.17, 15) is 0 Å². The monoisotopic (exact) mass is 205 g/mol. The van der Waals surface area contributed by atoms with Gasteiger partial charge in [-0.3, -0.25) is 0 Å². The van der Waals surface area contributed by atoms with Crippen molar-refractivity contribution in [2.75, 3.05) is 0 Å². The van der Waals surface area contributed by atoms with E-state index in [-0.39, 0.29) is 6.04 Å². The quantitative estimate of drug-likeness (QED) is 0.805. The van der Waals surface area contributed by atoms with Gasteiger partial charge in [0.25, 0.3) is 0 Å². The zero-order valence-corrected chi connectivity index (χ0v) is 10.4. The molecule has 0 aliphatic heterocycles. The molecule has 1 rings (SSSR count). The van der Waals surface area contributed by atoms with Gasteiger partial charge in [-0.25, -0.2) is 0 Å². The summed E-state index contributed by atoms with van der Waals surface area (Å²) in [4.78, 5) is 0. The SMILES string of the molecule is Cc1ccccc1CC(N)CC(C)(C)C. The Kier molecular flexibility index (Phi) is 3.92. The first-order valence-corrected chi connectivity index (χ1v) is 5.68. The average molecular weight is 205 g/mol. The Morgan fingerprint density at radius 3 is 2.33 bits per heavy atom. The molecule has 0 heterocycles. The van der Waals surface area contributed by atoms with E-state index in [1.54, 1.807) is 0 Å². The van der Waals surface area contributed by atoms with Crippen molar-refractivity contribution in [3.63, 3.8) is 0 Å². The van der Waals surface area contributed by atoms with Crippen LogP contribution in [-0.4, -0.2) is 6.04 Å². The highest BCUT2D eigenvalue weighted by molar-refractivity contribution is 5.26. The van der Waals surface area contributed by atoms with E-state index in [4.69, 9.17) is 5.73 Å². The Hall–Kier alpha value is -0.820. The lowest BCUT2D eigenvalue weighted by Gasteiger charge is -2.23. The average Bonchev–Trinajstić information content (AvgIpc) is 2.05. The molecule has 15 heavy (non-hydrogen) atoms. The van der Waals surface area contributed by atoms with Crippen LogP contribution in [0, 0.1) is 12.3 Å². The largest absolute Gasteiger partial charge is 0.327 e. The first-order chi connectivity index (χ1) is 6.88. The van der Waals surface area contributed by atoms with E-state index in [2.05, 4.69) is 52.0 Å². The van der Waals surface area contributed by atoms with Crippen molar-refractivity contribution in [3.8, 4) is 0 Å². The van der Waals surface area contributed by atoms with E-state index in [0.717, 1.165) is 12.8 Å². The van der Waals surface area contributed by atoms with Crippen LogP contribution in [0.15, 0.2) is 24.3 Å². The van der Waals surface area contributed by atoms with Crippen LogP contribution in [0.5, 0.6) is 0 Å². The molecular weight excluding hydrogens is 182 g/mol. The minimum absolute atomic E-state index is 0.270. The second-order valence-electron chi connectivity index (χ2n) is 5.66. The Labute approximate surface area is 93.7 Å². The molecule has 0 spiro atoms. The van der Waals surface area contributed by atoms with Gasteiger partial charge in [-0.15, -0.1) is 0 Å². The van der Waals surface area contributed by atoms with Gasteiger partial charge >= 0.3 is 0 Å². The van der Waals surface area contributed by atoms with Crippen molar-refractivity contribution < 1.29 is 0 Å². The first-order valence-electron chi connectivity index (χ1n) is 5.68. The predicted molar refractivity (Wildman–Crippen MR) is 66.9 cm³/mol. The molecule has 1 aromatic rings. The maximum Gasteiger partial charge on any atom is 0.00844 e. The summed E-state index contributed by atoms with van der Waals surface area (Å²) in [6.07, 6.45) is 2.06. The molecule has 1 aromatic carbocycles. The van der Waals surface area contributed by atoms with Gasteiger partial charge in [-0.2, -0.15) is 0 Å². The molecule has 1 nitrogen and oxygen atoms in total. The smallest absolute Gasteiger partial charge is 0.00844 e. The Balaban J connectivity index is 2.59. The molecule has 2 N–H and O–H groups in total. The van der Waals surface area contributed by atoms with Gasteiger partial charge in [-0.05, 0) is 36.3 Å². The highest BCUT2D eigenvalue weighted by Crippen LogP contribution is 2.22. The zero-order valence-electron chi connectivity index (χ0n) is 10.4. The summed E-state index contributed by atoms with van der Waals surface area (Å²) < 4.78 is 0. The van der Waals surface area contributed by atoms with Gasteiger partial charge in [0, 0.05) is 6.04 Å². The van der Waals surface area contributed by atoms with Crippen molar-refractivity contribution in [1.82, 2.24) is 0 Å².